The van der Waals surface area contributed by atoms with Crippen LogP contribution in [0.1, 0.15) is 9.88 Å². The van der Waals surface area contributed by atoms with Crippen LogP contribution >= 0.6 is 38.6 Å². The van der Waals surface area contributed by atoms with E-state index in [0.29, 0.717) is 4.88 Å². The van der Waals surface area contributed by atoms with Crippen LogP contribution in [0.5, 0.6) is 0 Å². The van der Waals surface area contributed by atoms with Crippen LogP contribution in [0, 0.1) is 18.3 Å². The predicted octanol–water partition coefficient (Wildman–Crippen LogP) is 3.81. The molecule has 2 aromatic rings. The average molecular weight is 285 g/mol. The van der Waals surface area contributed by atoms with Crippen molar-refractivity contribution in [2.45, 2.75) is 6.92 Å². The molecule has 70 valence electrons. The number of thiophene rings is 1. The number of thiazole rings is 1. The van der Waals surface area contributed by atoms with Crippen molar-refractivity contribution in [2.24, 2.45) is 0 Å². The first-order chi connectivity index (χ1) is 6.70. The number of hydrogen-bond donors (Lipinski definition) is 0. The van der Waals surface area contributed by atoms with E-state index in [9.17, 15) is 0 Å². The van der Waals surface area contributed by atoms with Crippen LogP contribution in [0.2, 0.25) is 0 Å². The molecule has 0 aliphatic heterocycles. The Morgan fingerprint density at radius 3 is 2.93 bits per heavy atom. The largest absolute Gasteiger partial charge is 0.239 e. The van der Waals surface area contributed by atoms with Crippen molar-refractivity contribution in [3.05, 3.63) is 25.8 Å². The Morgan fingerprint density at radius 1 is 1.57 bits per heavy atom. The molecule has 0 amide bonds. The van der Waals surface area contributed by atoms with E-state index in [-0.39, 0.29) is 0 Å². The van der Waals surface area contributed by atoms with Gasteiger partial charge in [0.25, 0.3) is 0 Å². The van der Waals surface area contributed by atoms with Gasteiger partial charge in [-0.15, -0.1) is 22.7 Å². The minimum atomic E-state index is 0.692. The monoisotopic (exact) mass is 284 g/mol. The second-order valence-corrected chi connectivity index (χ2v) is 5.68. The smallest absolute Gasteiger partial charge is 0.133 e. The number of aryl methyl sites for hydroxylation is 1. The molecule has 0 saturated carbocycles. The van der Waals surface area contributed by atoms with Gasteiger partial charge in [0, 0.05) is 9.85 Å². The van der Waals surface area contributed by atoms with Crippen molar-refractivity contribution in [3.8, 4) is 16.6 Å². The Hall–Kier alpha value is -0.700. The van der Waals surface area contributed by atoms with Gasteiger partial charge >= 0.3 is 0 Å². The summed E-state index contributed by atoms with van der Waals surface area (Å²) in [4.78, 5) is 6.08. The molecule has 0 radical (unpaired) electrons. The third-order valence-electron chi connectivity index (χ3n) is 1.64. The van der Waals surface area contributed by atoms with Crippen molar-refractivity contribution in [1.82, 2.24) is 4.98 Å². The molecule has 2 nitrogen and oxygen atoms in total. The molecular weight excluding hydrogens is 280 g/mol. The minimum absolute atomic E-state index is 0.692. The van der Waals surface area contributed by atoms with Crippen molar-refractivity contribution in [3.63, 3.8) is 0 Å². The van der Waals surface area contributed by atoms with Crippen LogP contribution in [0.4, 0.5) is 0 Å². The molecule has 5 heteroatoms. The summed E-state index contributed by atoms with van der Waals surface area (Å²) in [6.07, 6.45) is 0. The fourth-order valence-electron chi connectivity index (χ4n) is 1.11. The Kier molecular flexibility index (Phi) is 2.68. The lowest BCUT2D eigenvalue weighted by Gasteiger charge is -1.88. The zero-order valence-corrected chi connectivity index (χ0v) is 10.5. The van der Waals surface area contributed by atoms with Gasteiger partial charge in [0.1, 0.15) is 16.6 Å². The van der Waals surface area contributed by atoms with Crippen LogP contribution in [-0.2, 0) is 0 Å². The van der Waals surface area contributed by atoms with E-state index in [0.717, 1.165) is 20.1 Å². The molecule has 2 aromatic heterocycles. The van der Waals surface area contributed by atoms with E-state index in [1.54, 1.807) is 11.3 Å². The zero-order chi connectivity index (χ0) is 10.1. The van der Waals surface area contributed by atoms with Gasteiger partial charge in [-0.05, 0) is 28.9 Å². The Bertz CT molecular complexity index is 507. The van der Waals surface area contributed by atoms with Crippen molar-refractivity contribution >= 4 is 38.6 Å². The van der Waals surface area contributed by atoms with Crippen LogP contribution in [-0.4, -0.2) is 4.98 Å². The van der Waals surface area contributed by atoms with E-state index in [2.05, 4.69) is 27.0 Å². The van der Waals surface area contributed by atoms with Crippen LogP contribution in [0.25, 0.3) is 10.6 Å². The second-order valence-electron chi connectivity index (χ2n) is 2.65. The fourth-order valence-corrected chi connectivity index (χ4v) is 3.32. The molecule has 0 N–H and O–H groups in total. The Balaban J connectivity index is 2.56. The number of hydrogen-bond acceptors (Lipinski definition) is 4. The molecule has 2 rings (SSSR count). The van der Waals surface area contributed by atoms with Gasteiger partial charge in [-0.1, -0.05) is 0 Å². The summed E-state index contributed by atoms with van der Waals surface area (Å²) in [7, 11) is 0. The van der Waals surface area contributed by atoms with E-state index < -0.39 is 0 Å². The summed E-state index contributed by atoms with van der Waals surface area (Å²) in [6.45, 7) is 1.91. The van der Waals surface area contributed by atoms with Crippen molar-refractivity contribution in [1.29, 1.82) is 5.26 Å². The third-order valence-corrected chi connectivity index (χ3v) is 4.21. The van der Waals surface area contributed by atoms with Crippen LogP contribution in [0.15, 0.2) is 15.9 Å². The quantitative estimate of drug-likeness (QED) is 0.798. The molecule has 0 unspecified atom stereocenters. The highest BCUT2D eigenvalue weighted by Gasteiger charge is 2.12. The Morgan fingerprint density at radius 2 is 2.36 bits per heavy atom. The molecule has 0 fully saturated rings. The average Bonchev–Trinajstić information content (AvgIpc) is 2.71. The number of halogens is 1. The molecule has 0 aliphatic carbocycles. The van der Waals surface area contributed by atoms with Gasteiger partial charge in [-0.2, -0.15) is 5.26 Å². The van der Waals surface area contributed by atoms with E-state index in [1.165, 1.54) is 11.3 Å². The number of rotatable bonds is 1. The minimum Gasteiger partial charge on any atom is -0.239 e. The first-order valence-electron chi connectivity index (χ1n) is 3.82. The molecule has 14 heavy (non-hydrogen) atoms. The summed E-state index contributed by atoms with van der Waals surface area (Å²) in [5.74, 6) is 0. The highest BCUT2D eigenvalue weighted by atomic mass is 79.9. The predicted molar refractivity (Wildman–Crippen MR) is 62.6 cm³/mol. The maximum absolute atomic E-state index is 8.91. The number of aromatic nitrogens is 1. The molecule has 0 atom stereocenters. The van der Waals surface area contributed by atoms with E-state index in [4.69, 9.17) is 5.26 Å². The van der Waals surface area contributed by atoms with Crippen LogP contribution < -0.4 is 0 Å². The summed E-state index contributed by atoms with van der Waals surface area (Å²) >= 11 is 6.42. The van der Waals surface area contributed by atoms with Crippen molar-refractivity contribution < 1.29 is 0 Å². The molecular formula is C9H5BrN2S2. The maximum Gasteiger partial charge on any atom is 0.133 e. The van der Waals surface area contributed by atoms with Gasteiger partial charge in [0.05, 0.1) is 9.88 Å². The standard InChI is InChI=1S/C9H5BrN2S2/c1-5-12-9(8(3-11)14-5)7-2-6(10)4-13-7/h2,4H,1H3. The first-order valence-corrected chi connectivity index (χ1v) is 6.31. The van der Waals surface area contributed by atoms with Gasteiger partial charge in [-0.3, -0.25) is 0 Å². The number of nitriles is 1. The molecule has 0 aromatic carbocycles. The summed E-state index contributed by atoms with van der Waals surface area (Å²) in [5, 5.41) is 11.8. The Labute approximate surface area is 98.0 Å². The molecule has 0 bridgehead atoms. The summed E-state index contributed by atoms with van der Waals surface area (Å²) in [5.41, 5.74) is 0.811. The number of nitrogens with zero attached hydrogens (tertiary/aromatic N) is 2. The van der Waals surface area contributed by atoms with Crippen molar-refractivity contribution in [2.75, 3.05) is 0 Å². The lowest BCUT2D eigenvalue weighted by Crippen LogP contribution is -1.75. The second kappa shape index (κ2) is 3.81. The van der Waals surface area contributed by atoms with Gasteiger partial charge in [-0.25, -0.2) is 4.98 Å². The third kappa shape index (κ3) is 1.73. The fraction of sp³-hybridized carbons (Fsp3) is 0.111. The topological polar surface area (TPSA) is 36.7 Å². The van der Waals surface area contributed by atoms with Gasteiger partial charge in [0.2, 0.25) is 0 Å². The molecule has 0 spiro atoms. The zero-order valence-electron chi connectivity index (χ0n) is 7.24. The van der Waals surface area contributed by atoms with Gasteiger partial charge < -0.3 is 0 Å². The first kappa shape index (κ1) is 9.84. The van der Waals surface area contributed by atoms with E-state index in [1.807, 2.05) is 18.4 Å². The van der Waals surface area contributed by atoms with Crippen LogP contribution in [0.3, 0.4) is 0 Å². The SMILES string of the molecule is Cc1nc(-c2cc(Br)cs2)c(C#N)s1. The van der Waals surface area contributed by atoms with E-state index >= 15 is 0 Å². The summed E-state index contributed by atoms with van der Waals surface area (Å²) in [6, 6.07) is 4.16. The lowest BCUT2D eigenvalue weighted by molar-refractivity contribution is 1.30. The summed E-state index contributed by atoms with van der Waals surface area (Å²) < 4.78 is 1.03. The maximum atomic E-state index is 8.91. The molecule has 2 heterocycles. The highest BCUT2D eigenvalue weighted by Crippen LogP contribution is 2.33. The highest BCUT2D eigenvalue weighted by molar-refractivity contribution is 9.10. The molecule has 0 aliphatic rings. The van der Waals surface area contributed by atoms with Gasteiger partial charge in [0.15, 0.2) is 0 Å². The lowest BCUT2D eigenvalue weighted by atomic mass is 10.3. The molecule has 0 saturated heterocycles. The normalized spacial score (nSPS) is 10.1.